The number of nitrogens with two attached hydrogens (primary N) is 1. The first kappa shape index (κ1) is 17.7. The summed E-state index contributed by atoms with van der Waals surface area (Å²) < 4.78 is 5.27. The minimum absolute atomic E-state index is 0. The smallest absolute Gasteiger partial charge is 0.240 e. The van der Waals surface area contributed by atoms with E-state index in [0.717, 1.165) is 24.8 Å². The van der Waals surface area contributed by atoms with Gasteiger partial charge >= 0.3 is 0 Å². The maximum absolute atomic E-state index is 12.1. The molecule has 1 amide bonds. The van der Waals surface area contributed by atoms with Gasteiger partial charge in [-0.1, -0.05) is 26.2 Å². The van der Waals surface area contributed by atoms with Crippen LogP contribution in [0.25, 0.3) is 0 Å². The molecule has 2 aliphatic rings. The number of carbonyl (C=O) groups is 1. The van der Waals surface area contributed by atoms with Crippen molar-refractivity contribution in [3.05, 3.63) is 0 Å². The zero-order valence-corrected chi connectivity index (χ0v) is 13.3. The van der Waals surface area contributed by atoms with Crippen LogP contribution in [0.4, 0.5) is 0 Å². The van der Waals surface area contributed by atoms with Gasteiger partial charge in [0.1, 0.15) is 0 Å². The van der Waals surface area contributed by atoms with Gasteiger partial charge in [-0.15, -0.1) is 12.4 Å². The first-order valence-corrected chi connectivity index (χ1v) is 7.75. The standard InChI is InChI=1S/C15H28N2O2.ClH/c1-12-3-2-4-13(11-12)5-8-17-14(18)15(16)6-9-19-10-7-15;/h12-13H,2-11,16H2,1H3,(H,17,18);1H. The number of hydrogen-bond acceptors (Lipinski definition) is 3. The van der Waals surface area contributed by atoms with Crippen molar-refractivity contribution < 1.29 is 9.53 Å². The molecule has 0 spiro atoms. The van der Waals surface area contributed by atoms with Crippen molar-refractivity contribution in [2.24, 2.45) is 17.6 Å². The van der Waals surface area contributed by atoms with Crippen molar-refractivity contribution in [2.75, 3.05) is 19.8 Å². The van der Waals surface area contributed by atoms with Crippen LogP contribution in [-0.2, 0) is 9.53 Å². The largest absolute Gasteiger partial charge is 0.381 e. The fourth-order valence-corrected chi connectivity index (χ4v) is 3.35. The van der Waals surface area contributed by atoms with Crippen LogP contribution >= 0.6 is 12.4 Å². The number of halogens is 1. The van der Waals surface area contributed by atoms with Crippen LogP contribution in [0.2, 0.25) is 0 Å². The van der Waals surface area contributed by atoms with Gasteiger partial charge in [0.05, 0.1) is 5.54 Å². The molecule has 2 unspecified atom stereocenters. The lowest BCUT2D eigenvalue weighted by Gasteiger charge is -2.32. The first-order chi connectivity index (χ1) is 9.10. The van der Waals surface area contributed by atoms with Crippen LogP contribution in [0.5, 0.6) is 0 Å². The predicted octanol–water partition coefficient (Wildman–Crippen LogP) is 2.25. The molecule has 3 N–H and O–H groups in total. The summed E-state index contributed by atoms with van der Waals surface area (Å²) in [6, 6.07) is 0. The molecule has 20 heavy (non-hydrogen) atoms. The quantitative estimate of drug-likeness (QED) is 0.837. The Labute approximate surface area is 128 Å². The molecule has 1 aliphatic carbocycles. The second-order valence-electron chi connectivity index (χ2n) is 6.45. The molecule has 1 heterocycles. The van der Waals surface area contributed by atoms with Crippen molar-refractivity contribution in [2.45, 2.75) is 57.4 Å². The third-order valence-corrected chi connectivity index (χ3v) is 4.72. The summed E-state index contributed by atoms with van der Waals surface area (Å²) in [6.07, 6.45) is 7.73. The number of hydrogen-bond donors (Lipinski definition) is 2. The Hall–Kier alpha value is -0.320. The molecule has 0 aromatic rings. The van der Waals surface area contributed by atoms with Crippen LogP contribution in [0, 0.1) is 11.8 Å². The molecule has 1 aliphatic heterocycles. The molecular formula is C15H29ClN2O2. The third-order valence-electron chi connectivity index (χ3n) is 4.72. The Morgan fingerprint density at radius 1 is 1.35 bits per heavy atom. The molecule has 1 saturated heterocycles. The van der Waals surface area contributed by atoms with Gasteiger partial charge in [-0.25, -0.2) is 0 Å². The Kier molecular flexibility index (Phi) is 7.27. The van der Waals surface area contributed by atoms with Crippen molar-refractivity contribution in [1.82, 2.24) is 5.32 Å². The van der Waals surface area contributed by atoms with E-state index in [4.69, 9.17) is 10.5 Å². The molecular weight excluding hydrogens is 276 g/mol. The highest BCUT2D eigenvalue weighted by Gasteiger charge is 2.35. The zero-order valence-electron chi connectivity index (χ0n) is 12.5. The van der Waals surface area contributed by atoms with E-state index in [9.17, 15) is 4.79 Å². The summed E-state index contributed by atoms with van der Waals surface area (Å²) in [4.78, 5) is 12.1. The van der Waals surface area contributed by atoms with Gasteiger partial charge in [0, 0.05) is 19.8 Å². The Morgan fingerprint density at radius 2 is 2.05 bits per heavy atom. The van der Waals surface area contributed by atoms with E-state index < -0.39 is 5.54 Å². The van der Waals surface area contributed by atoms with E-state index in [-0.39, 0.29) is 18.3 Å². The summed E-state index contributed by atoms with van der Waals surface area (Å²) in [7, 11) is 0. The Morgan fingerprint density at radius 3 is 2.70 bits per heavy atom. The fraction of sp³-hybridized carbons (Fsp3) is 0.933. The van der Waals surface area contributed by atoms with E-state index >= 15 is 0 Å². The lowest BCUT2D eigenvalue weighted by Crippen LogP contribution is -2.57. The van der Waals surface area contributed by atoms with E-state index in [0.29, 0.717) is 26.1 Å². The minimum atomic E-state index is -0.696. The van der Waals surface area contributed by atoms with Crippen molar-refractivity contribution in [3.63, 3.8) is 0 Å². The number of ether oxygens (including phenoxy) is 1. The molecule has 4 nitrogen and oxygen atoms in total. The average molecular weight is 305 g/mol. The second-order valence-corrected chi connectivity index (χ2v) is 6.45. The third kappa shape index (κ3) is 4.90. The molecule has 2 fully saturated rings. The molecule has 2 rings (SSSR count). The summed E-state index contributed by atoms with van der Waals surface area (Å²) in [5, 5.41) is 3.04. The Balaban J connectivity index is 0.00000200. The number of nitrogens with one attached hydrogen (secondary N) is 1. The van der Waals surface area contributed by atoms with Crippen molar-refractivity contribution in [1.29, 1.82) is 0 Å². The molecule has 0 radical (unpaired) electrons. The zero-order chi connectivity index (χ0) is 13.7. The molecule has 0 aromatic carbocycles. The summed E-state index contributed by atoms with van der Waals surface area (Å²) in [5.74, 6) is 1.65. The lowest BCUT2D eigenvalue weighted by molar-refractivity contribution is -0.129. The highest BCUT2D eigenvalue weighted by molar-refractivity contribution is 5.86. The molecule has 5 heteroatoms. The second kappa shape index (κ2) is 8.20. The van der Waals surface area contributed by atoms with Gasteiger partial charge in [0.25, 0.3) is 0 Å². The molecule has 0 bridgehead atoms. The van der Waals surface area contributed by atoms with Crippen LogP contribution in [0.3, 0.4) is 0 Å². The van der Waals surface area contributed by atoms with E-state index in [1.54, 1.807) is 0 Å². The van der Waals surface area contributed by atoms with Crippen LogP contribution in [0.1, 0.15) is 51.9 Å². The van der Waals surface area contributed by atoms with Crippen LogP contribution in [-0.4, -0.2) is 31.2 Å². The van der Waals surface area contributed by atoms with Crippen molar-refractivity contribution in [3.8, 4) is 0 Å². The van der Waals surface area contributed by atoms with Gasteiger partial charge in [-0.2, -0.15) is 0 Å². The van der Waals surface area contributed by atoms with E-state index in [1.807, 2.05) is 0 Å². The summed E-state index contributed by atoms with van der Waals surface area (Å²) >= 11 is 0. The highest BCUT2D eigenvalue weighted by Crippen LogP contribution is 2.30. The molecule has 118 valence electrons. The highest BCUT2D eigenvalue weighted by atomic mass is 35.5. The summed E-state index contributed by atoms with van der Waals surface area (Å²) in [6.45, 7) is 4.31. The lowest BCUT2D eigenvalue weighted by atomic mass is 9.81. The minimum Gasteiger partial charge on any atom is -0.381 e. The average Bonchev–Trinajstić information content (AvgIpc) is 2.39. The van der Waals surface area contributed by atoms with E-state index in [1.165, 1.54) is 25.7 Å². The van der Waals surface area contributed by atoms with Gasteiger partial charge in [-0.3, -0.25) is 4.79 Å². The number of amides is 1. The fourth-order valence-electron chi connectivity index (χ4n) is 3.35. The topological polar surface area (TPSA) is 64.4 Å². The molecule has 0 aromatic heterocycles. The van der Waals surface area contributed by atoms with Gasteiger partial charge < -0.3 is 15.8 Å². The SMILES string of the molecule is CC1CCCC(CCNC(=O)C2(N)CCOCC2)C1.Cl. The van der Waals surface area contributed by atoms with E-state index in [2.05, 4.69) is 12.2 Å². The monoisotopic (exact) mass is 304 g/mol. The van der Waals surface area contributed by atoms with Crippen LogP contribution < -0.4 is 11.1 Å². The maximum atomic E-state index is 12.1. The van der Waals surface area contributed by atoms with Gasteiger partial charge in [-0.05, 0) is 37.5 Å². The predicted molar refractivity (Wildman–Crippen MR) is 83.0 cm³/mol. The van der Waals surface area contributed by atoms with Crippen LogP contribution in [0.15, 0.2) is 0 Å². The molecule has 1 saturated carbocycles. The normalized spacial score (nSPS) is 29.3. The van der Waals surface area contributed by atoms with Gasteiger partial charge in [0.15, 0.2) is 0 Å². The number of carbonyl (C=O) groups excluding carboxylic acids is 1. The first-order valence-electron chi connectivity index (χ1n) is 7.75. The summed E-state index contributed by atoms with van der Waals surface area (Å²) in [5.41, 5.74) is 5.46. The van der Waals surface area contributed by atoms with Crippen molar-refractivity contribution >= 4 is 18.3 Å². The number of rotatable bonds is 4. The Bertz CT molecular complexity index is 306. The maximum Gasteiger partial charge on any atom is 0.240 e. The molecule has 2 atom stereocenters. The van der Waals surface area contributed by atoms with Gasteiger partial charge in [0.2, 0.25) is 5.91 Å².